The van der Waals surface area contributed by atoms with E-state index in [1.54, 1.807) is 18.2 Å². The summed E-state index contributed by atoms with van der Waals surface area (Å²) in [5.41, 5.74) is 0.919. The number of benzene rings is 1. The number of aromatic nitrogens is 1. The van der Waals surface area contributed by atoms with Crippen molar-refractivity contribution in [3.05, 3.63) is 41.0 Å². The molecule has 1 atom stereocenters. The molecule has 1 N–H and O–H groups in total. The Morgan fingerprint density at radius 1 is 1.39 bits per heavy atom. The van der Waals surface area contributed by atoms with Crippen LogP contribution in [0.3, 0.4) is 0 Å². The number of halogens is 1. The molecule has 0 aliphatic heterocycles. The fraction of sp³-hybridized carbons (Fsp3) is 0.353. The van der Waals surface area contributed by atoms with Gasteiger partial charge in [-0.2, -0.15) is 0 Å². The highest BCUT2D eigenvalue weighted by Crippen LogP contribution is 2.32. The summed E-state index contributed by atoms with van der Waals surface area (Å²) in [5.74, 6) is -0.320. The van der Waals surface area contributed by atoms with Crippen LogP contribution in [0.25, 0.3) is 10.9 Å². The van der Waals surface area contributed by atoms with E-state index < -0.39 is 5.97 Å². The first-order valence-electron chi connectivity index (χ1n) is 7.56. The molecular formula is C17H17ClN2O3. The van der Waals surface area contributed by atoms with Gasteiger partial charge in [0.1, 0.15) is 5.15 Å². The van der Waals surface area contributed by atoms with Gasteiger partial charge in [-0.1, -0.05) is 29.8 Å². The maximum absolute atomic E-state index is 12.3. The lowest BCUT2D eigenvalue weighted by molar-refractivity contribution is -0.124. The lowest BCUT2D eigenvalue weighted by atomic mass is 10.1. The van der Waals surface area contributed by atoms with Gasteiger partial charge in [-0.3, -0.25) is 4.79 Å². The highest BCUT2D eigenvalue weighted by atomic mass is 35.5. The van der Waals surface area contributed by atoms with E-state index in [0.717, 1.165) is 12.8 Å². The Kier molecular flexibility index (Phi) is 4.48. The third-order valence-corrected chi connectivity index (χ3v) is 4.15. The smallest absolute Gasteiger partial charge is 0.339 e. The standard InChI is InChI=1S/C17H17ClN2O3/c1-10(11-6-7-11)19-16(21)9-23-17(22)13-8-15(18)20-14-5-3-2-4-12(13)14/h2-5,8,10-11H,6-7,9H2,1H3,(H,19,21)/t10-/m1/s1. The third-order valence-electron chi connectivity index (χ3n) is 3.96. The van der Waals surface area contributed by atoms with Gasteiger partial charge >= 0.3 is 5.97 Å². The van der Waals surface area contributed by atoms with Crippen molar-refractivity contribution in [1.29, 1.82) is 0 Å². The number of nitrogens with one attached hydrogen (secondary N) is 1. The SMILES string of the molecule is C[C@@H](NC(=O)COC(=O)c1cc(Cl)nc2ccccc12)C1CC1. The molecule has 2 aromatic rings. The van der Waals surface area contributed by atoms with Crippen LogP contribution < -0.4 is 5.32 Å². The van der Waals surface area contributed by atoms with Gasteiger partial charge in [0, 0.05) is 11.4 Å². The first kappa shape index (κ1) is 15.7. The molecule has 1 aromatic carbocycles. The summed E-state index contributed by atoms with van der Waals surface area (Å²) in [5, 5.41) is 3.70. The Hall–Kier alpha value is -2.14. The number of para-hydroxylation sites is 1. The van der Waals surface area contributed by atoms with E-state index in [4.69, 9.17) is 16.3 Å². The first-order valence-corrected chi connectivity index (χ1v) is 7.94. The van der Waals surface area contributed by atoms with Crippen molar-refractivity contribution < 1.29 is 14.3 Å². The topological polar surface area (TPSA) is 68.3 Å². The van der Waals surface area contributed by atoms with Crippen molar-refractivity contribution in [2.24, 2.45) is 5.92 Å². The van der Waals surface area contributed by atoms with Gasteiger partial charge in [0.25, 0.3) is 5.91 Å². The maximum Gasteiger partial charge on any atom is 0.339 e. The zero-order valence-corrected chi connectivity index (χ0v) is 13.5. The van der Waals surface area contributed by atoms with Crippen LogP contribution in [0.1, 0.15) is 30.1 Å². The van der Waals surface area contributed by atoms with E-state index in [1.165, 1.54) is 6.07 Å². The predicted octanol–water partition coefficient (Wildman–Crippen LogP) is 2.96. The number of amides is 1. The molecule has 0 saturated heterocycles. The minimum atomic E-state index is -0.584. The number of esters is 1. The van der Waals surface area contributed by atoms with Gasteiger partial charge in [0.15, 0.2) is 6.61 Å². The first-order chi connectivity index (χ1) is 11.0. The Morgan fingerprint density at radius 3 is 2.87 bits per heavy atom. The van der Waals surface area contributed by atoms with Gasteiger partial charge in [-0.15, -0.1) is 0 Å². The summed E-state index contributed by atoms with van der Waals surface area (Å²) in [6.07, 6.45) is 2.28. The molecule has 1 amide bonds. The lowest BCUT2D eigenvalue weighted by Gasteiger charge is -2.13. The van der Waals surface area contributed by atoms with E-state index in [0.29, 0.717) is 22.4 Å². The molecule has 1 fully saturated rings. The van der Waals surface area contributed by atoms with Crippen LogP contribution >= 0.6 is 11.6 Å². The number of hydrogen-bond acceptors (Lipinski definition) is 4. The highest BCUT2D eigenvalue weighted by molar-refractivity contribution is 6.30. The molecular weight excluding hydrogens is 316 g/mol. The number of carbonyl (C=O) groups excluding carboxylic acids is 2. The molecule has 120 valence electrons. The van der Waals surface area contributed by atoms with Crippen molar-refractivity contribution in [1.82, 2.24) is 10.3 Å². The number of rotatable bonds is 5. The van der Waals surface area contributed by atoms with Gasteiger partial charge in [0.05, 0.1) is 11.1 Å². The fourth-order valence-corrected chi connectivity index (χ4v) is 2.73. The second-order valence-electron chi connectivity index (χ2n) is 5.78. The summed E-state index contributed by atoms with van der Waals surface area (Å²) >= 11 is 5.94. The number of ether oxygens (including phenoxy) is 1. The number of pyridine rings is 1. The van der Waals surface area contributed by atoms with Crippen LogP contribution in [0, 0.1) is 5.92 Å². The van der Waals surface area contributed by atoms with Crippen LogP contribution in [0.2, 0.25) is 5.15 Å². The van der Waals surface area contributed by atoms with Gasteiger partial charge in [-0.25, -0.2) is 9.78 Å². The number of carbonyl (C=O) groups is 2. The van der Waals surface area contributed by atoms with Gasteiger partial charge in [0.2, 0.25) is 0 Å². The van der Waals surface area contributed by atoms with Crippen molar-refractivity contribution in [2.45, 2.75) is 25.8 Å². The quantitative estimate of drug-likeness (QED) is 0.675. The molecule has 0 spiro atoms. The molecule has 3 rings (SSSR count). The van der Waals surface area contributed by atoms with Crippen LogP contribution in [0.4, 0.5) is 0 Å². The molecule has 1 heterocycles. The minimum absolute atomic E-state index is 0.123. The number of fused-ring (bicyclic) bond motifs is 1. The van der Waals surface area contributed by atoms with Crippen LogP contribution in [-0.4, -0.2) is 29.5 Å². The van der Waals surface area contributed by atoms with E-state index in [-0.39, 0.29) is 23.7 Å². The summed E-state index contributed by atoms with van der Waals surface area (Å²) in [4.78, 5) is 28.2. The van der Waals surface area contributed by atoms with Crippen LogP contribution in [0.15, 0.2) is 30.3 Å². The Balaban J connectivity index is 1.67. The Bertz CT molecular complexity index is 759. The minimum Gasteiger partial charge on any atom is -0.452 e. The molecule has 0 bridgehead atoms. The second-order valence-corrected chi connectivity index (χ2v) is 6.17. The van der Waals surface area contributed by atoms with E-state index in [2.05, 4.69) is 10.3 Å². The molecule has 0 radical (unpaired) electrons. The summed E-state index contributed by atoms with van der Waals surface area (Å²) in [6.45, 7) is 1.66. The average molecular weight is 333 g/mol. The van der Waals surface area contributed by atoms with E-state index in [1.807, 2.05) is 13.0 Å². The fourth-order valence-electron chi connectivity index (χ4n) is 2.53. The molecule has 0 unspecified atom stereocenters. The molecule has 6 heteroatoms. The van der Waals surface area contributed by atoms with Crippen molar-refractivity contribution in [3.63, 3.8) is 0 Å². The summed E-state index contributed by atoms with van der Waals surface area (Å²) < 4.78 is 5.12. The molecule has 5 nitrogen and oxygen atoms in total. The molecule has 1 aliphatic carbocycles. The van der Waals surface area contributed by atoms with E-state index >= 15 is 0 Å². The van der Waals surface area contributed by atoms with E-state index in [9.17, 15) is 9.59 Å². The lowest BCUT2D eigenvalue weighted by Crippen LogP contribution is -2.37. The van der Waals surface area contributed by atoms with Crippen molar-refractivity contribution in [2.75, 3.05) is 6.61 Å². The van der Waals surface area contributed by atoms with Crippen molar-refractivity contribution >= 4 is 34.4 Å². The highest BCUT2D eigenvalue weighted by Gasteiger charge is 2.29. The monoisotopic (exact) mass is 332 g/mol. The summed E-state index contributed by atoms with van der Waals surface area (Å²) in [6, 6.07) is 8.73. The zero-order chi connectivity index (χ0) is 16.4. The Labute approximate surface area is 139 Å². The van der Waals surface area contributed by atoms with Crippen LogP contribution in [-0.2, 0) is 9.53 Å². The molecule has 1 saturated carbocycles. The normalized spacial score (nSPS) is 15.2. The second kappa shape index (κ2) is 6.54. The maximum atomic E-state index is 12.3. The largest absolute Gasteiger partial charge is 0.452 e. The third kappa shape index (κ3) is 3.79. The summed E-state index contributed by atoms with van der Waals surface area (Å²) in [7, 11) is 0. The zero-order valence-electron chi connectivity index (χ0n) is 12.7. The molecule has 1 aliphatic rings. The van der Waals surface area contributed by atoms with Gasteiger partial charge < -0.3 is 10.1 Å². The average Bonchev–Trinajstić information content (AvgIpc) is 3.36. The number of nitrogens with zero attached hydrogens (tertiary/aromatic N) is 1. The van der Waals surface area contributed by atoms with Crippen molar-refractivity contribution in [3.8, 4) is 0 Å². The number of hydrogen-bond donors (Lipinski definition) is 1. The Morgan fingerprint density at radius 2 is 2.13 bits per heavy atom. The van der Waals surface area contributed by atoms with Gasteiger partial charge in [-0.05, 0) is 37.8 Å². The molecule has 1 aromatic heterocycles. The van der Waals surface area contributed by atoms with Crippen LogP contribution in [0.5, 0.6) is 0 Å². The molecule has 23 heavy (non-hydrogen) atoms. The predicted molar refractivity (Wildman–Crippen MR) is 87.4 cm³/mol.